The number of nitrogens with zero attached hydrogens (tertiary/aromatic N) is 2. The molecule has 32 heavy (non-hydrogen) atoms. The highest BCUT2D eigenvalue weighted by atomic mass is 35.5. The summed E-state index contributed by atoms with van der Waals surface area (Å²) in [5.74, 6) is 0.972. The molecule has 0 fully saturated rings. The lowest BCUT2D eigenvalue weighted by Crippen LogP contribution is -2.23. The minimum atomic E-state index is -0.523. The van der Waals surface area contributed by atoms with Gasteiger partial charge in [0.25, 0.3) is 5.56 Å². The van der Waals surface area contributed by atoms with E-state index in [1.165, 1.54) is 30.0 Å². The Bertz CT molecular complexity index is 1570. The second-order valence-corrected chi connectivity index (χ2v) is 8.47. The predicted octanol–water partition coefficient (Wildman–Crippen LogP) is 4.80. The summed E-state index contributed by atoms with van der Waals surface area (Å²) in [4.78, 5) is 29.9. The van der Waals surface area contributed by atoms with Crippen molar-refractivity contribution >= 4 is 45.2 Å². The largest absolute Gasteiger partial charge is 0.508 e. The molecule has 5 rings (SSSR count). The van der Waals surface area contributed by atoms with Gasteiger partial charge in [0, 0.05) is 28.3 Å². The number of aromatic nitrogens is 2. The second-order valence-electron chi connectivity index (χ2n) is 7.09. The molecular weight excluding hydrogens is 452 g/mol. The Balaban J connectivity index is 1.60. The van der Waals surface area contributed by atoms with Gasteiger partial charge in [-0.25, -0.2) is 9.78 Å². The molecule has 0 bridgehead atoms. The van der Waals surface area contributed by atoms with Crippen LogP contribution in [0.5, 0.6) is 5.75 Å². The zero-order chi connectivity index (χ0) is 22.2. The number of furan rings is 1. The summed E-state index contributed by atoms with van der Waals surface area (Å²) in [6, 6.07) is 14.5. The summed E-state index contributed by atoms with van der Waals surface area (Å²) in [5.41, 5.74) is 0.742. The van der Waals surface area contributed by atoms with E-state index in [4.69, 9.17) is 20.4 Å². The Labute approximate surface area is 189 Å². The highest BCUT2D eigenvalue weighted by molar-refractivity contribution is 7.98. The number of phenolic OH excluding ortho intramolecular Hbond substituents is 1. The molecule has 0 amide bonds. The highest BCUT2D eigenvalue weighted by Crippen LogP contribution is 2.28. The van der Waals surface area contributed by atoms with Crippen LogP contribution in [0, 0.1) is 0 Å². The van der Waals surface area contributed by atoms with Crippen molar-refractivity contribution in [1.82, 2.24) is 9.55 Å². The molecule has 0 aliphatic carbocycles. The number of thioether (sulfide) groups is 1. The third kappa shape index (κ3) is 3.90. The fraction of sp³-hybridized carbons (Fsp3) is 0.0870. The number of aromatic hydroxyl groups is 1. The van der Waals surface area contributed by atoms with Crippen LogP contribution in [0.1, 0.15) is 11.3 Å². The maximum atomic E-state index is 13.2. The number of phenols is 1. The third-order valence-electron chi connectivity index (χ3n) is 4.95. The molecule has 0 unspecified atom stereocenters. The molecule has 0 saturated heterocycles. The molecule has 7 nitrogen and oxygen atoms in total. The van der Waals surface area contributed by atoms with Crippen molar-refractivity contribution < 1.29 is 13.9 Å². The van der Waals surface area contributed by atoms with Crippen molar-refractivity contribution in [3.05, 3.63) is 98.0 Å². The smallest absolute Gasteiger partial charge is 0.336 e. The van der Waals surface area contributed by atoms with Crippen molar-refractivity contribution in [3.8, 4) is 5.75 Å². The van der Waals surface area contributed by atoms with Crippen LogP contribution in [0.15, 0.2) is 84.4 Å². The lowest BCUT2D eigenvalue weighted by Gasteiger charge is -2.13. The SMILES string of the molecule is O=c1cc(CSc2nc3cc(Cl)ccc3c(=O)n2Cc2ccco2)c2ccc(O)cc2o1. The van der Waals surface area contributed by atoms with E-state index in [2.05, 4.69) is 4.98 Å². The Morgan fingerprint density at radius 2 is 1.91 bits per heavy atom. The summed E-state index contributed by atoms with van der Waals surface area (Å²) in [6.45, 7) is 0.214. The fourth-order valence-corrected chi connectivity index (χ4v) is 4.62. The number of fused-ring (bicyclic) bond motifs is 2. The minimum absolute atomic E-state index is 0.00538. The van der Waals surface area contributed by atoms with Gasteiger partial charge in [0.05, 0.1) is 23.7 Å². The van der Waals surface area contributed by atoms with Gasteiger partial charge in [-0.1, -0.05) is 23.4 Å². The first-order valence-corrected chi connectivity index (χ1v) is 11.0. The number of hydrogen-bond donors (Lipinski definition) is 1. The first kappa shape index (κ1) is 20.4. The number of benzene rings is 2. The zero-order valence-electron chi connectivity index (χ0n) is 16.4. The molecule has 1 N–H and O–H groups in total. The van der Waals surface area contributed by atoms with Crippen LogP contribution in [0.2, 0.25) is 5.02 Å². The van der Waals surface area contributed by atoms with Crippen LogP contribution < -0.4 is 11.2 Å². The van der Waals surface area contributed by atoms with Crippen LogP contribution in [0.3, 0.4) is 0 Å². The van der Waals surface area contributed by atoms with Gasteiger partial charge in [-0.3, -0.25) is 9.36 Å². The second kappa shape index (κ2) is 8.22. The average molecular weight is 467 g/mol. The van der Waals surface area contributed by atoms with Crippen LogP contribution >= 0.6 is 23.4 Å². The Morgan fingerprint density at radius 3 is 2.72 bits per heavy atom. The molecule has 2 aromatic carbocycles. The molecule has 0 atom stereocenters. The van der Waals surface area contributed by atoms with E-state index in [1.807, 2.05) is 0 Å². The molecule has 3 aromatic heterocycles. The first-order chi connectivity index (χ1) is 15.5. The van der Waals surface area contributed by atoms with Crippen molar-refractivity contribution in [2.45, 2.75) is 17.5 Å². The van der Waals surface area contributed by atoms with Crippen molar-refractivity contribution in [3.63, 3.8) is 0 Å². The van der Waals surface area contributed by atoms with Gasteiger partial charge in [-0.2, -0.15) is 0 Å². The molecule has 0 aliphatic heterocycles. The van der Waals surface area contributed by atoms with E-state index in [1.54, 1.807) is 47.2 Å². The summed E-state index contributed by atoms with van der Waals surface area (Å²) in [5, 5.41) is 11.8. The van der Waals surface area contributed by atoms with Gasteiger partial charge in [0.2, 0.25) is 0 Å². The van der Waals surface area contributed by atoms with Gasteiger partial charge in [0.15, 0.2) is 5.16 Å². The van der Waals surface area contributed by atoms with Gasteiger partial charge in [-0.05, 0) is 48.0 Å². The molecule has 5 aromatic rings. The fourth-order valence-electron chi connectivity index (χ4n) is 3.46. The standard InChI is InChI=1S/C23H15ClN2O5S/c24-14-3-5-18-19(9-14)25-23(26(22(18)29)11-16-2-1-7-30-16)32-12-13-8-21(28)31-20-10-15(27)4-6-17(13)20/h1-10,27H,11-12H2. The molecule has 0 aliphatic rings. The van der Waals surface area contributed by atoms with Crippen LogP contribution in [0.25, 0.3) is 21.9 Å². The summed E-state index contributed by atoms with van der Waals surface area (Å²) in [6.07, 6.45) is 1.55. The van der Waals surface area contributed by atoms with Crippen molar-refractivity contribution in [2.75, 3.05) is 0 Å². The van der Waals surface area contributed by atoms with E-state index in [0.29, 0.717) is 49.1 Å². The van der Waals surface area contributed by atoms with Gasteiger partial charge < -0.3 is 13.9 Å². The van der Waals surface area contributed by atoms with Crippen LogP contribution in [0.4, 0.5) is 0 Å². The predicted molar refractivity (Wildman–Crippen MR) is 123 cm³/mol. The van der Waals surface area contributed by atoms with Gasteiger partial charge >= 0.3 is 5.63 Å². The normalized spacial score (nSPS) is 11.4. The van der Waals surface area contributed by atoms with Crippen molar-refractivity contribution in [2.24, 2.45) is 0 Å². The maximum Gasteiger partial charge on any atom is 0.336 e. The quantitative estimate of drug-likeness (QED) is 0.226. The van der Waals surface area contributed by atoms with E-state index < -0.39 is 5.63 Å². The third-order valence-corrected chi connectivity index (χ3v) is 6.21. The molecule has 0 spiro atoms. The van der Waals surface area contributed by atoms with Crippen molar-refractivity contribution in [1.29, 1.82) is 0 Å². The first-order valence-electron chi connectivity index (χ1n) is 9.59. The molecule has 0 saturated carbocycles. The zero-order valence-corrected chi connectivity index (χ0v) is 18.0. The molecule has 9 heteroatoms. The highest BCUT2D eigenvalue weighted by Gasteiger charge is 2.15. The van der Waals surface area contributed by atoms with E-state index >= 15 is 0 Å². The Kier molecular flexibility index (Phi) is 5.24. The summed E-state index contributed by atoms with van der Waals surface area (Å²) >= 11 is 7.42. The number of halogens is 1. The van der Waals surface area contributed by atoms with E-state index in [-0.39, 0.29) is 17.9 Å². The topological polar surface area (TPSA) is 98.5 Å². The van der Waals surface area contributed by atoms with Gasteiger partial charge in [-0.15, -0.1) is 0 Å². The van der Waals surface area contributed by atoms with Crippen LogP contribution in [-0.4, -0.2) is 14.7 Å². The molecule has 160 valence electrons. The minimum Gasteiger partial charge on any atom is -0.508 e. The number of hydrogen-bond acceptors (Lipinski definition) is 7. The lowest BCUT2D eigenvalue weighted by molar-refractivity contribution is 0.473. The maximum absolute atomic E-state index is 13.2. The monoisotopic (exact) mass is 466 g/mol. The lowest BCUT2D eigenvalue weighted by atomic mass is 10.1. The Morgan fingerprint density at radius 1 is 1.06 bits per heavy atom. The van der Waals surface area contributed by atoms with E-state index in [0.717, 1.165) is 0 Å². The number of rotatable bonds is 5. The molecule has 0 radical (unpaired) electrons. The summed E-state index contributed by atoms with van der Waals surface area (Å²) < 4.78 is 12.2. The summed E-state index contributed by atoms with van der Waals surface area (Å²) in [7, 11) is 0. The molecular formula is C23H15ClN2O5S. The Hall–Kier alpha value is -3.49. The van der Waals surface area contributed by atoms with Gasteiger partial charge in [0.1, 0.15) is 17.1 Å². The van der Waals surface area contributed by atoms with Crippen LogP contribution in [-0.2, 0) is 12.3 Å². The molecule has 3 heterocycles. The van der Waals surface area contributed by atoms with E-state index in [9.17, 15) is 14.7 Å². The average Bonchev–Trinajstić information content (AvgIpc) is 3.27.